The molecule has 822 valence electrons. The summed E-state index contributed by atoms with van der Waals surface area (Å²) in [5.41, 5.74) is 4.59. The van der Waals surface area contributed by atoms with E-state index in [2.05, 4.69) is 247 Å². The number of aryl methyl sites for hydroxylation is 1. The normalized spacial score (nSPS) is 29.0. The maximum Gasteiger partial charge on any atom is 0.636 e. The van der Waals surface area contributed by atoms with Gasteiger partial charge in [-0.05, 0) is 451 Å². The Bertz CT molecular complexity index is 3730. The summed E-state index contributed by atoms with van der Waals surface area (Å²) in [5.74, 6) is 4.46. The molecule has 6 aliphatic heterocycles. The Morgan fingerprint density at radius 1 is 0.305 bits per heavy atom. The van der Waals surface area contributed by atoms with Gasteiger partial charge in [0.05, 0.1) is 93.1 Å². The molecule has 18 atom stereocenters. The predicted molar refractivity (Wildman–Crippen MR) is 629 cm³/mol. The number of fused-ring (bicyclic) bond motifs is 6. The van der Waals surface area contributed by atoms with E-state index in [-0.39, 0.29) is 14.9 Å². The van der Waals surface area contributed by atoms with Crippen molar-refractivity contribution in [3.05, 3.63) is 47.7 Å². The Kier molecular flexibility index (Phi) is 46.7. The second-order valence-corrected chi connectivity index (χ2v) is 127. The predicted octanol–water partition coefficient (Wildman–Crippen LogP) is 29.3. The smallest absolute Gasteiger partial charge is 0.455 e. The van der Waals surface area contributed by atoms with Crippen LogP contribution in [-0.2, 0) is 104 Å². The van der Waals surface area contributed by atoms with Crippen LogP contribution >= 0.6 is 0 Å². The van der Waals surface area contributed by atoms with Gasteiger partial charge < -0.3 is 91.4 Å². The molecule has 0 aromatic heterocycles. The molecule has 12 fully saturated rings. The molecule has 0 N–H and O–H groups in total. The summed E-state index contributed by atoms with van der Waals surface area (Å²) < 4.78 is 141. The molecule has 6 saturated heterocycles. The van der Waals surface area contributed by atoms with Crippen molar-refractivity contribution in [2.75, 3.05) is 20.3 Å². The van der Waals surface area contributed by atoms with Gasteiger partial charge in [-0.2, -0.15) is 0 Å². The summed E-state index contributed by atoms with van der Waals surface area (Å²) in [4.78, 5) is 0. The van der Waals surface area contributed by atoms with E-state index in [1.54, 1.807) is 7.11 Å². The second kappa shape index (κ2) is 52.0. The van der Waals surface area contributed by atoms with E-state index in [0.717, 1.165) is 114 Å². The van der Waals surface area contributed by atoms with Crippen molar-refractivity contribution < 1.29 is 91.4 Å². The lowest BCUT2D eigenvalue weighted by molar-refractivity contribution is 0.0616. The Morgan fingerprint density at radius 2 is 0.560 bits per heavy atom. The molecule has 18 unspecified atom stereocenters. The van der Waals surface area contributed by atoms with Crippen LogP contribution in [0.3, 0.4) is 0 Å². The molecule has 141 heavy (non-hydrogen) atoms. The van der Waals surface area contributed by atoms with Gasteiger partial charge in [-0.15, -0.1) is 6.58 Å². The Labute approximate surface area is 884 Å². The summed E-state index contributed by atoms with van der Waals surface area (Å²) in [6.45, 7) is 83.4. The van der Waals surface area contributed by atoms with Crippen LogP contribution in [0.5, 0.6) is 0 Å². The van der Waals surface area contributed by atoms with E-state index >= 15 is 0 Å². The highest BCUT2D eigenvalue weighted by molar-refractivity contribution is 6.95. The summed E-state index contributed by atoms with van der Waals surface area (Å²) in [6.07, 6.45) is 37.3. The van der Waals surface area contributed by atoms with Crippen molar-refractivity contribution >= 4 is 152 Å². The van der Waals surface area contributed by atoms with Crippen LogP contribution in [0.25, 0.3) is 0 Å². The van der Waals surface area contributed by atoms with Crippen LogP contribution in [0, 0.1) is 35.5 Å². The van der Waals surface area contributed by atoms with Crippen molar-refractivity contribution in [3.8, 4) is 0 Å². The highest BCUT2D eigenvalue weighted by Crippen LogP contribution is 2.51. The number of hydrogen-bond donors (Lipinski definition) is 0. The van der Waals surface area contributed by atoms with Crippen LogP contribution < -0.4 is 0 Å². The average Bonchev–Trinajstić information content (AvgIpc) is 1.78. The molecule has 21 nitrogen and oxygen atoms in total. The highest BCUT2D eigenvalue weighted by Gasteiger charge is 2.62. The third-order valence-electron chi connectivity index (χ3n) is 32.1. The number of benzene rings is 1. The first kappa shape index (κ1) is 126. The summed E-state index contributed by atoms with van der Waals surface area (Å²) >= 11 is 0. The van der Waals surface area contributed by atoms with Crippen LogP contribution in [0.1, 0.15) is 187 Å². The molecule has 0 radical (unpaired) electrons. The third kappa shape index (κ3) is 45.6. The molecule has 6 heterocycles. The fourth-order valence-corrected chi connectivity index (χ4v) is 102. The van der Waals surface area contributed by atoms with E-state index in [9.17, 15) is 0 Å². The standard InChI is InChI=1S/C42H90O9Si8.C32H64O7Si5.C26H54O5Si5.2CH4/c1-16-52(2,3)46-58(14,15)47-56(10,11)29-30-57(12,13)51-59(48-53(4,5)26-23-34-17-20-37-40(31-34)43-37,49-54(6,7)27-24-35-18-21-38-41(32-35)44-38)50-55(8,9)28-25-36-19-22-39-42(33-36)45-39;1-40(2)36-44(37-41(3,4)18-15-24-9-12-27-30(21-24)33-27,38-42(5,6)19-16-25-10-13-28-31(22-25)34-28)39-43(7,8)20-17-26-11-14-29-32(23-26)35-29;1-13-32(3,4)30-36(11,12)31-35(9,10)22-21-34(7,8)29-33(5,6)20-17-25-15-14-16-26(23-25)24-28-19-18-27-2;;/h34-42H,16-33H2,1-15H3;24-32,40H,9-23H2,1-8H3;13-16,23H,1,17-22,24H2,2-12H3;2*1H4. The van der Waals surface area contributed by atoms with Gasteiger partial charge in [0.15, 0.2) is 117 Å². The molecule has 0 bridgehead atoms. The molecule has 6 aliphatic carbocycles. The lowest BCUT2D eigenvalue weighted by Crippen LogP contribution is -2.67. The highest BCUT2D eigenvalue weighted by atomic mass is 28.6. The van der Waals surface area contributed by atoms with E-state index in [4.69, 9.17) is 91.4 Å². The minimum atomic E-state index is -3.66. The number of epoxide rings is 6. The second-order valence-electron chi connectivity index (χ2n) is 54.4. The van der Waals surface area contributed by atoms with Crippen molar-refractivity contribution in [1.29, 1.82) is 0 Å². The maximum absolute atomic E-state index is 7.81. The SMILES string of the molecule is C.C.C=C[Si](C)(C)O[Si](C)(C)O[Si](C)(C)CC[Si](C)(C)O[Si](C)(C)CCc1cccc(COCCOC)c1.CC[Si](C)(C)O[Si](C)(C)O[Si](C)(C)CC[Si](C)(C)O[Si](O[Si](C)(C)CCC1CCC2OC2C1)(O[Si](C)(C)CCC1CCC2OC2C1)O[Si](C)(C)CCC1CCC2OC2C1.C[SiH](C)O[Si](O[Si](C)(C)CCC1CCC2OC2C1)(O[Si](C)(C)CCC1CCC2OC2C1)O[Si](C)(C)CCC1CCC2OC2C1. The minimum absolute atomic E-state index is 0. The van der Waals surface area contributed by atoms with E-state index in [0.29, 0.717) is 93.1 Å². The lowest BCUT2D eigenvalue weighted by Gasteiger charge is -2.47. The molecule has 1 aromatic carbocycles. The van der Waals surface area contributed by atoms with Gasteiger partial charge in [-0.25, -0.2) is 0 Å². The number of hydrogen-bond acceptors (Lipinski definition) is 21. The molecule has 1 aromatic rings. The van der Waals surface area contributed by atoms with E-state index in [1.807, 2.05) is 5.70 Å². The van der Waals surface area contributed by atoms with Crippen LogP contribution in [0.2, 0.25) is 282 Å². The summed E-state index contributed by atoms with van der Waals surface area (Å²) in [6, 6.07) is 22.0. The van der Waals surface area contributed by atoms with Crippen molar-refractivity contribution in [3.63, 3.8) is 0 Å². The Morgan fingerprint density at radius 3 is 0.837 bits per heavy atom. The number of methoxy groups -OCH3 is 1. The zero-order valence-corrected chi connectivity index (χ0v) is 113. The topological polar surface area (TPSA) is 214 Å². The van der Waals surface area contributed by atoms with Gasteiger partial charge >= 0.3 is 35.2 Å². The first-order valence-corrected chi connectivity index (χ1v) is 108. The fraction of sp³-hybridized carbons (Fsp3) is 0.922. The van der Waals surface area contributed by atoms with Crippen molar-refractivity contribution in [2.45, 2.75) is 544 Å². The van der Waals surface area contributed by atoms with Crippen molar-refractivity contribution in [1.82, 2.24) is 0 Å². The molecule has 6 saturated carbocycles. The average molecular weight is 2280 g/mol. The lowest BCUT2D eigenvalue weighted by atomic mass is 9.88. The zero-order chi connectivity index (χ0) is 102. The Balaban J connectivity index is 0.000000243. The monoisotopic (exact) mass is 2280 g/mol. The van der Waals surface area contributed by atoms with Crippen LogP contribution in [-0.4, -0.2) is 246 Å². The van der Waals surface area contributed by atoms with Gasteiger partial charge in [0, 0.05) is 7.11 Å². The molecule has 13 rings (SSSR count). The molecule has 0 amide bonds. The van der Waals surface area contributed by atoms with Gasteiger partial charge in [-0.1, -0.05) is 90.3 Å². The molecule has 39 heteroatoms. The van der Waals surface area contributed by atoms with E-state index < -0.39 is 152 Å². The minimum Gasteiger partial charge on any atom is -0.455 e. The molecule has 12 aliphatic rings. The van der Waals surface area contributed by atoms with Crippen LogP contribution in [0.15, 0.2) is 36.5 Å². The third-order valence-corrected chi connectivity index (χ3v) is 98.6. The molecule has 0 spiro atoms. The first-order valence-electron chi connectivity index (χ1n) is 56.0. The summed E-state index contributed by atoms with van der Waals surface area (Å²) in [7, 11) is -38.2. The van der Waals surface area contributed by atoms with Crippen molar-refractivity contribution in [2.24, 2.45) is 35.5 Å². The number of rotatable bonds is 60. The fourth-order valence-electron chi connectivity index (χ4n) is 23.7. The summed E-state index contributed by atoms with van der Waals surface area (Å²) in [5, 5.41) is 0. The zero-order valence-electron chi connectivity index (χ0n) is 94.9. The Hall–Kier alpha value is 2.02. The van der Waals surface area contributed by atoms with E-state index in [1.165, 1.54) is 165 Å². The van der Waals surface area contributed by atoms with Gasteiger partial charge in [0.2, 0.25) is 0 Å². The van der Waals surface area contributed by atoms with Gasteiger partial charge in [0.25, 0.3) is 0 Å². The largest absolute Gasteiger partial charge is 0.636 e. The van der Waals surface area contributed by atoms with Gasteiger partial charge in [0.1, 0.15) is 0 Å². The maximum atomic E-state index is 7.81. The number of ether oxygens (including phenoxy) is 8. The molecular weight excluding hydrogens is 2070 g/mol. The van der Waals surface area contributed by atoms with Gasteiger partial charge in [-0.3, -0.25) is 0 Å². The molecular formula is C102H216O21Si18. The van der Waals surface area contributed by atoms with Crippen LogP contribution in [0.4, 0.5) is 0 Å². The first-order chi connectivity index (χ1) is 64.2. The quantitative estimate of drug-likeness (QED) is 0.0337.